The number of aromatic nitrogens is 2. The second-order valence-corrected chi connectivity index (χ2v) is 21.1. The fourth-order valence-corrected chi connectivity index (χ4v) is 11.8. The Kier molecular flexibility index (Phi) is 12.1. The summed E-state index contributed by atoms with van der Waals surface area (Å²) in [6.07, 6.45) is 9.98. The average molecular weight is 908 g/mol. The molecule has 344 valence electrons. The number of nitro groups is 1. The molecule has 16 heteroatoms. The highest BCUT2D eigenvalue weighted by Gasteiger charge is 2.49. The molecule has 2 aromatic heterocycles. The van der Waals surface area contributed by atoms with Gasteiger partial charge in [-0.05, 0) is 129 Å². The van der Waals surface area contributed by atoms with E-state index >= 15 is 4.39 Å². The van der Waals surface area contributed by atoms with E-state index in [9.17, 15) is 28.4 Å². The number of likely N-dealkylation sites (tertiary alicyclic amines) is 1. The highest BCUT2D eigenvalue weighted by atomic mass is 32.2. The summed E-state index contributed by atoms with van der Waals surface area (Å²) in [6, 6.07) is 20.9. The first kappa shape index (κ1) is 44.6. The number of ether oxygens (including phenoxy) is 1. The van der Waals surface area contributed by atoms with Crippen LogP contribution in [0.5, 0.6) is 11.5 Å². The van der Waals surface area contributed by atoms with E-state index in [-0.39, 0.29) is 34.1 Å². The molecule has 0 radical (unpaired) electrons. The Morgan fingerprint density at radius 1 is 1.00 bits per heavy atom. The van der Waals surface area contributed by atoms with E-state index in [0.717, 1.165) is 63.6 Å². The summed E-state index contributed by atoms with van der Waals surface area (Å²) in [6.45, 7) is 10.4. The lowest BCUT2D eigenvalue weighted by Gasteiger charge is -2.57. The van der Waals surface area contributed by atoms with Crippen molar-refractivity contribution in [3.05, 3.63) is 112 Å². The summed E-state index contributed by atoms with van der Waals surface area (Å²) in [5.74, 6) is -1.10. The number of benzene rings is 3. The van der Waals surface area contributed by atoms with Gasteiger partial charge in [0.1, 0.15) is 17.1 Å². The van der Waals surface area contributed by atoms with Crippen molar-refractivity contribution in [2.75, 3.05) is 42.9 Å². The minimum absolute atomic E-state index is 0.0791. The lowest BCUT2D eigenvalue weighted by atomic mass is 9.70. The van der Waals surface area contributed by atoms with Crippen LogP contribution in [0.3, 0.4) is 0 Å². The van der Waals surface area contributed by atoms with E-state index in [0.29, 0.717) is 48.3 Å². The zero-order valence-electron chi connectivity index (χ0n) is 37.2. The summed E-state index contributed by atoms with van der Waals surface area (Å²) in [4.78, 5) is 36.7. The number of carbonyl (C=O) groups excluding carboxylic acids is 1. The van der Waals surface area contributed by atoms with E-state index in [1.54, 1.807) is 31.3 Å². The van der Waals surface area contributed by atoms with Gasteiger partial charge in [0, 0.05) is 68.2 Å². The number of hydrogen-bond donors (Lipinski definition) is 4. The molecule has 1 spiro atoms. The number of nitrogens with one attached hydrogen (secondary N) is 3. The minimum atomic E-state index is -4.64. The van der Waals surface area contributed by atoms with Crippen LogP contribution in [0.4, 0.5) is 21.5 Å². The van der Waals surface area contributed by atoms with Crippen molar-refractivity contribution in [2.45, 2.75) is 107 Å². The fourth-order valence-electron chi connectivity index (χ4n) is 10.8. The normalized spacial score (nSPS) is 23.4. The van der Waals surface area contributed by atoms with E-state index in [1.165, 1.54) is 54.7 Å². The molecule has 0 unspecified atom stereocenters. The molecule has 4 fully saturated rings. The molecule has 4 heterocycles. The first-order valence-electron chi connectivity index (χ1n) is 22.9. The fraction of sp³-hybridized carbons (Fsp3) is 0.469. The molecule has 2 saturated carbocycles. The summed E-state index contributed by atoms with van der Waals surface area (Å²) in [7, 11) is -4.64. The standard InChI is InChI=1S/C49H58FN7O7S/c1-31(2)36-7-4-5-8-37(36)38-9-6-10-41(38)56-29-49(30-56)20-23-55(24-21-49)34-11-13-39(43(26-34)64-44-25-33-17-22-51-46(33)53-45(44)50)47(58)54-65(62,63)35-12-14-40(42(27-35)57(60)61)52-28-32-15-18-48(3,59)19-16-32/h4-5,7-8,11-14,17,22,25-27,31-32,38,41,52,59H,6,9-10,15-16,18-21,23-24,28-30H2,1-3H3,(H,51,53)(H,54,58)/t32-,38-,41-,48-/m0/s1. The summed E-state index contributed by atoms with van der Waals surface area (Å²) in [5.41, 5.74) is 3.00. The molecule has 2 saturated heterocycles. The second kappa shape index (κ2) is 17.7. The van der Waals surface area contributed by atoms with Crippen molar-refractivity contribution in [3.8, 4) is 11.5 Å². The summed E-state index contributed by atoms with van der Waals surface area (Å²) < 4.78 is 51.0. The van der Waals surface area contributed by atoms with E-state index in [4.69, 9.17) is 4.74 Å². The maximum absolute atomic E-state index is 15.4. The topological polar surface area (TPSA) is 183 Å². The number of H-pyrrole nitrogens is 1. The van der Waals surface area contributed by atoms with Gasteiger partial charge in [-0.3, -0.25) is 19.8 Å². The number of aliphatic hydroxyl groups is 1. The van der Waals surface area contributed by atoms with Crippen LogP contribution in [0.1, 0.15) is 112 Å². The number of amides is 1. The quantitative estimate of drug-likeness (QED) is 0.0502. The van der Waals surface area contributed by atoms with Gasteiger partial charge in [0.25, 0.3) is 27.6 Å². The number of aromatic amines is 1. The molecule has 5 aromatic rings. The number of piperidine rings is 1. The van der Waals surface area contributed by atoms with Crippen molar-refractivity contribution in [3.63, 3.8) is 0 Å². The molecule has 65 heavy (non-hydrogen) atoms. The summed E-state index contributed by atoms with van der Waals surface area (Å²) >= 11 is 0. The van der Waals surface area contributed by atoms with Crippen LogP contribution in [0.25, 0.3) is 11.0 Å². The second-order valence-electron chi connectivity index (χ2n) is 19.4. The Bertz CT molecular complexity index is 2700. The Labute approximate surface area is 379 Å². The number of anilines is 2. The molecular formula is C49H58FN7O7S. The number of nitrogens with zero attached hydrogens (tertiary/aromatic N) is 4. The van der Waals surface area contributed by atoms with E-state index in [1.807, 2.05) is 0 Å². The molecule has 2 aliphatic heterocycles. The van der Waals surface area contributed by atoms with Crippen molar-refractivity contribution < 1.29 is 32.4 Å². The van der Waals surface area contributed by atoms with Crippen LogP contribution < -0.4 is 19.7 Å². The number of hydrogen-bond acceptors (Lipinski definition) is 11. The Morgan fingerprint density at radius 2 is 1.75 bits per heavy atom. The maximum Gasteiger partial charge on any atom is 0.293 e. The van der Waals surface area contributed by atoms with E-state index < -0.39 is 43.0 Å². The predicted molar refractivity (Wildman–Crippen MR) is 248 cm³/mol. The molecule has 4 N–H and O–H groups in total. The van der Waals surface area contributed by atoms with Crippen LogP contribution >= 0.6 is 0 Å². The third kappa shape index (κ3) is 9.30. The van der Waals surface area contributed by atoms with Gasteiger partial charge < -0.3 is 25.0 Å². The zero-order chi connectivity index (χ0) is 45.7. The molecule has 2 atom stereocenters. The SMILES string of the molecule is CC(C)c1ccccc1[C@@H]1CCC[C@@H]1N1CC2(CCN(c3ccc(C(=O)NS(=O)(=O)c4ccc(NC[C@H]5CC[C@](C)(O)CC5)c([N+](=O)[O-])c4)c(Oc4cc5cc[nH]c5nc4F)c3)CC2)C1. The third-order valence-electron chi connectivity index (χ3n) is 14.6. The molecule has 0 bridgehead atoms. The molecular weight excluding hydrogens is 850 g/mol. The van der Waals surface area contributed by atoms with Crippen molar-refractivity contribution >= 4 is 44.0 Å². The number of carbonyl (C=O) groups is 1. The highest BCUT2D eigenvalue weighted by Crippen LogP contribution is 2.49. The largest absolute Gasteiger partial charge is 0.452 e. The third-order valence-corrected chi connectivity index (χ3v) is 15.9. The highest BCUT2D eigenvalue weighted by molar-refractivity contribution is 7.90. The van der Waals surface area contributed by atoms with E-state index in [2.05, 4.69) is 67.9 Å². The van der Waals surface area contributed by atoms with Crippen molar-refractivity contribution in [1.29, 1.82) is 0 Å². The number of rotatable bonds is 13. The van der Waals surface area contributed by atoms with Gasteiger partial charge in [0.05, 0.1) is 21.0 Å². The van der Waals surface area contributed by atoms with Crippen molar-refractivity contribution in [1.82, 2.24) is 19.6 Å². The van der Waals surface area contributed by atoms with Crippen LogP contribution in [0, 0.1) is 27.4 Å². The molecule has 14 nitrogen and oxygen atoms in total. The maximum atomic E-state index is 15.4. The molecule has 2 aliphatic carbocycles. The number of fused-ring (bicyclic) bond motifs is 1. The number of pyridine rings is 1. The lowest BCUT2D eigenvalue weighted by molar-refractivity contribution is -0.384. The summed E-state index contributed by atoms with van der Waals surface area (Å²) in [5, 5.41) is 26.1. The van der Waals surface area contributed by atoms with Gasteiger partial charge in [-0.2, -0.15) is 9.37 Å². The predicted octanol–water partition coefficient (Wildman–Crippen LogP) is 9.24. The minimum Gasteiger partial charge on any atom is -0.452 e. The van der Waals surface area contributed by atoms with Gasteiger partial charge >= 0.3 is 0 Å². The van der Waals surface area contributed by atoms with Crippen LogP contribution in [-0.2, 0) is 10.0 Å². The van der Waals surface area contributed by atoms with Gasteiger partial charge in [0.15, 0.2) is 5.75 Å². The number of halogens is 1. The Morgan fingerprint density at radius 3 is 2.49 bits per heavy atom. The van der Waals surface area contributed by atoms with Gasteiger partial charge in [-0.25, -0.2) is 13.1 Å². The smallest absolute Gasteiger partial charge is 0.293 e. The monoisotopic (exact) mass is 907 g/mol. The van der Waals surface area contributed by atoms with Crippen LogP contribution in [0.15, 0.2) is 83.9 Å². The first-order chi connectivity index (χ1) is 31.1. The van der Waals surface area contributed by atoms with Gasteiger partial charge in [-0.1, -0.05) is 44.5 Å². The van der Waals surface area contributed by atoms with Gasteiger partial charge in [0.2, 0.25) is 0 Å². The van der Waals surface area contributed by atoms with Gasteiger partial charge in [-0.15, -0.1) is 0 Å². The average Bonchev–Trinajstić information content (AvgIpc) is 3.95. The molecule has 1 amide bonds. The first-order valence-corrected chi connectivity index (χ1v) is 24.4. The van der Waals surface area contributed by atoms with Crippen LogP contribution in [-0.4, -0.2) is 83.6 Å². The number of nitro benzene ring substituents is 1. The molecule has 3 aromatic carbocycles. The zero-order valence-corrected chi connectivity index (χ0v) is 38.0. The van der Waals surface area contributed by atoms with Crippen LogP contribution in [0.2, 0.25) is 0 Å². The Balaban J connectivity index is 0.908. The number of sulfonamides is 1. The molecule has 9 rings (SSSR count). The lowest BCUT2D eigenvalue weighted by Crippen LogP contribution is -2.63. The van der Waals surface area contributed by atoms with Crippen molar-refractivity contribution in [2.24, 2.45) is 11.3 Å². The molecule has 4 aliphatic rings. The Hall–Kier alpha value is -5.58.